The van der Waals surface area contributed by atoms with E-state index in [9.17, 15) is 0 Å². The van der Waals surface area contributed by atoms with Crippen molar-refractivity contribution in [1.29, 1.82) is 5.41 Å². The van der Waals surface area contributed by atoms with Crippen molar-refractivity contribution in [3.63, 3.8) is 0 Å². The van der Waals surface area contributed by atoms with E-state index in [4.69, 9.17) is 22.7 Å². The third kappa shape index (κ3) is 2.83. The molecule has 0 atom stereocenters. The number of amidine groups is 1. The van der Waals surface area contributed by atoms with Gasteiger partial charge in [-0.3, -0.25) is 5.41 Å². The van der Waals surface area contributed by atoms with Crippen LogP contribution in [0.15, 0.2) is 46.5 Å². The van der Waals surface area contributed by atoms with E-state index in [1.807, 2.05) is 31.2 Å². The van der Waals surface area contributed by atoms with Crippen LogP contribution in [0, 0.1) is 12.3 Å². The van der Waals surface area contributed by atoms with Gasteiger partial charge < -0.3 is 5.73 Å². The Bertz CT molecular complexity index is 599. The number of hydrogen-bond acceptors (Lipinski definition) is 3. The van der Waals surface area contributed by atoms with Crippen LogP contribution in [0.25, 0.3) is 0 Å². The molecule has 0 saturated carbocycles. The molecule has 0 aliphatic heterocycles. The van der Waals surface area contributed by atoms with E-state index in [0.717, 1.165) is 21.0 Å². The van der Waals surface area contributed by atoms with E-state index in [2.05, 4.69) is 4.98 Å². The van der Waals surface area contributed by atoms with Crippen molar-refractivity contribution in [1.82, 2.24) is 4.98 Å². The standard InChI is InChI=1S/C13H12ClN3S/c1-8-7-9(4-5-10(8)12(15)16)18-13-11(14)3-2-6-17-13/h2-7H,1H3,(H3,15,16). The summed E-state index contributed by atoms with van der Waals surface area (Å²) < 4.78 is 0. The number of nitrogen functional groups attached to an aromatic ring is 1. The summed E-state index contributed by atoms with van der Waals surface area (Å²) in [5.41, 5.74) is 7.21. The molecule has 0 amide bonds. The molecule has 0 fully saturated rings. The fraction of sp³-hybridized carbons (Fsp3) is 0.0769. The average Bonchev–Trinajstić information content (AvgIpc) is 2.32. The summed E-state index contributed by atoms with van der Waals surface area (Å²) in [6.45, 7) is 1.93. The number of aryl methyl sites for hydroxylation is 1. The lowest BCUT2D eigenvalue weighted by Gasteiger charge is -2.07. The highest BCUT2D eigenvalue weighted by molar-refractivity contribution is 7.99. The molecule has 2 aromatic rings. The number of benzene rings is 1. The molecular weight excluding hydrogens is 266 g/mol. The lowest BCUT2D eigenvalue weighted by Crippen LogP contribution is -2.12. The van der Waals surface area contributed by atoms with Gasteiger partial charge in [0, 0.05) is 16.7 Å². The highest BCUT2D eigenvalue weighted by Gasteiger charge is 2.06. The van der Waals surface area contributed by atoms with E-state index in [1.165, 1.54) is 11.8 Å². The van der Waals surface area contributed by atoms with Crippen LogP contribution in [-0.2, 0) is 0 Å². The third-order valence-electron chi connectivity index (χ3n) is 2.43. The number of rotatable bonds is 3. The fourth-order valence-corrected chi connectivity index (χ4v) is 2.67. The zero-order valence-corrected chi connectivity index (χ0v) is 11.3. The minimum absolute atomic E-state index is 0.0833. The monoisotopic (exact) mass is 277 g/mol. The topological polar surface area (TPSA) is 62.8 Å². The number of pyridine rings is 1. The fourth-order valence-electron chi connectivity index (χ4n) is 1.56. The Morgan fingerprint density at radius 3 is 2.78 bits per heavy atom. The van der Waals surface area contributed by atoms with E-state index in [1.54, 1.807) is 12.3 Å². The molecule has 1 heterocycles. The van der Waals surface area contributed by atoms with Gasteiger partial charge in [0.15, 0.2) is 0 Å². The van der Waals surface area contributed by atoms with Crippen LogP contribution in [0.5, 0.6) is 0 Å². The number of nitrogens with two attached hydrogens (primary N) is 1. The maximum absolute atomic E-state index is 7.44. The molecular formula is C13H12ClN3S. The van der Waals surface area contributed by atoms with Gasteiger partial charge in [-0.25, -0.2) is 4.98 Å². The van der Waals surface area contributed by atoms with Gasteiger partial charge in [-0.05, 0) is 42.8 Å². The third-order valence-corrected chi connectivity index (χ3v) is 3.85. The molecule has 0 unspecified atom stereocenters. The molecule has 0 aliphatic carbocycles. The molecule has 2 rings (SSSR count). The van der Waals surface area contributed by atoms with Gasteiger partial charge in [0.25, 0.3) is 0 Å². The maximum atomic E-state index is 7.44. The molecule has 5 heteroatoms. The first-order valence-electron chi connectivity index (χ1n) is 5.31. The number of halogens is 1. The van der Waals surface area contributed by atoms with Gasteiger partial charge >= 0.3 is 0 Å². The minimum atomic E-state index is 0.0833. The molecule has 1 aromatic carbocycles. The Balaban J connectivity index is 2.29. The van der Waals surface area contributed by atoms with Gasteiger partial charge in [0.2, 0.25) is 0 Å². The lowest BCUT2D eigenvalue weighted by atomic mass is 10.1. The number of hydrogen-bond donors (Lipinski definition) is 2. The van der Waals surface area contributed by atoms with Crippen LogP contribution < -0.4 is 5.73 Å². The molecule has 0 bridgehead atoms. The van der Waals surface area contributed by atoms with Gasteiger partial charge in [0.05, 0.1) is 5.02 Å². The highest BCUT2D eigenvalue weighted by Crippen LogP contribution is 2.31. The summed E-state index contributed by atoms with van der Waals surface area (Å²) >= 11 is 7.55. The molecule has 18 heavy (non-hydrogen) atoms. The lowest BCUT2D eigenvalue weighted by molar-refractivity contribution is 1.13. The van der Waals surface area contributed by atoms with Crippen LogP contribution in [-0.4, -0.2) is 10.8 Å². The number of nitrogens with zero attached hydrogens (tertiary/aromatic N) is 1. The van der Waals surface area contributed by atoms with Gasteiger partial charge in [0.1, 0.15) is 10.9 Å². The second-order valence-corrected chi connectivity index (χ2v) is 5.25. The Morgan fingerprint density at radius 1 is 1.39 bits per heavy atom. The van der Waals surface area contributed by atoms with Crippen LogP contribution in [0.4, 0.5) is 0 Å². The summed E-state index contributed by atoms with van der Waals surface area (Å²) in [6, 6.07) is 9.35. The van der Waals surface area contributed by atoms with Crippen LogP contribution in [0.2, 0.25) is 5.02 Å². The first kappa shape index (κ1) is 12.9. The van der Waals surface area contributed by atoms with Crippen molar-refractivity contribution in [2.45, 2.75) is 16.8 Å². The Hall–Kier alpha value is -1.52. The second kappa shape index (κ2) is 5.42. The molecule has 3 N–H and O–H groups in total. The van der Waals surface area contributed by atoms with Crippen LogP contribution >= 0.6 is 23.4 Å². The molecule has 92 valence electrons. The van der Waals surface area contributed by atoms with Crippen molar-refractivity contribution in [3.8, 4) is 0 Å². The predicted molar refractivity (Wildman–Crippen MR) is 75.6 cm³/mol. The van der Waals surface area contributed by atoms with Crippen molar-refractivity contribution >= 4 is 29.2 Å². The van der Waals surface area contributed by atoms with Gasteiger partial charge in [-0.2, -0.15) is 0 Å². The summed E-state index contributed by atoms with van der Waals surface area (Å²) in [6.07, 6.45) is 1.71. The zero-order valence-electron chi connectivity index (χ0n) is 9.77. The average molecular weight is 278 g/mol. The Kier molecular flexibility index (Phi) is 3.89. The quantitative estimate of drug-likeness (QED) is 0.667. The number of nitrogens with one attached hydrogen (secondary N) is 1. The molecule has 1 aromatic heterocycles. The SMILES string of the molecule is Cc1cc(Sc2ncccc2Cl)ccc1C(=N)N. The van der Waals surface area contributed by atoms with Crippen molar-refractivity contribution in [2.24, 2.45) is 5.73 Å². The molecule has 0 spiro atoms. The summed E-state index contributed by atoms with van der Waals surface area (Å²) in [4.78, 5) is 5.25. The van der Waals surface area contributed by atoms with Crippen molar-refractivity contribution < 1.29 is 0 Å². The number of aromatic nitrogens is 1. The van der Waals surface area contributed by atoms with Gasteiger partial charge in [-0.15, -0.1) is 0 Å². The largest absolute Gasteiger partial charge is 0.384 e. The second-order valence-electron chi connectivity index (χ2n) is 3.78. The zero-order chi connectivity index (χ0) is 13.1. The van der Waals surface area contributed by atoms with Crippen molar-refractivity contribution in [2.75, 3.05) is 0 Å². The van der Waals surface area contributed by atoms with Crippen molar-refractivity contribution in [3.05, 3.63) is 52.7 Å². The molecule has 0 saturated heterocycles. The van der Waals surface area contributed by atoms with Crippen LogP contribution in [0.3, 0.4) is 0 Å². The Morgan fingerprint density at radius 2 is 2.17 bits per heavy atom. The van der Waals surface area contributed by atoms with Gasteiger partial charge in [-0.1, -0.05) is 23.4 Å². The molecule has 0 radical (unpaired) electrons. The first-order valence-corrected chi connectivity index (χ1v) is 6.51. The van der Waals surface area contributed by atoms with E-state index < -0.39 is 0 Å². The smallest absolute Gasteiger partial charge is 0.123 e. The van der Waals surface area contributed by atoms with E-state index >= 15 is 0 Å². The Labute approximate surface area is 115 Å². The van der Waals surface area contributed by atoms with Crippen LogP contribution in [0.1, 0.15) is 11.1 Å². The van der Waals surface area contributed by atoms with E-state index in [0.29, 0.717) is 5.02 Å². The molecule has 3 nitrogen and oxygen atoms in total. The normalized spacial score (nSPS) is 10.3. The summed E-state index contributed by atoms with van der Waals surface area (Å²) in [5.74, 6) is 0.0833. The minimum Gasteiger partial charge on any atom is -0.384 e. The predicted octanol–water partition coefficient (Wildman–Crippen LogP) is 3.48. The first-order chi connectivity index (χ1) is 8.58. The molecule has 0 aliphatic rings. The highest BCUT2D eigenvalue weighted by atomic mass is 35.5. The summed E-state index contributed by atoms with van der Waals surface area (Å²) in [5, 5.41) is 8.85. The van der Waals surface area contributed by atoms with E-state index in [-0.39, 0.29) is 5.84 Å². The maximum Gasteiger partial charge on any atom is 0.123 e. The summed E-state index contributed by atoms with van der Waals surface area (Å²) in [7, 11) is 0.